The molecule has 1 N–H and O–H groups in total. The number of nitriles is 1. The van der Waals surface area contributed by atoms with E-state index in [0.717, 1.165) is 18.4 Å². The summed E-state index contributed by atoms with van der Waals surface area (Å²) >= 11 is 0. The van der Waals surface area contributed by atoms with Gasteiger partial charge in [-0.1, -0.05) is 18.2 Å². The predicted molar refractivity (Wildman–Crippen MR) is 62.9 cm³/mol. The molecule has 2 heteroatoms. The minimum Gasteiger partial charge on any atom is -0.384 e. The Hall–Kier alpha value is -1.33. The first-order chi connectivity index (χ1) is 7.63. The van der Waals surface area contributed by atoms with Gasteiger partial charge in [-0.05, 0) is 49.3 Å². The lowest BCUT2D eigenvalue weighted by Gasteiger charge is -2.24. The number of nitrogens with zero attached hydrogens (tertiary/aromatic N) is 1. The lowest BCUT2D eigenvalue weighted by molar-refractivity contribution is 0.0623. The molecule has 1 unspecified atom stereocenters. The second-order valence-electron chi connectivity index (χ2n) is 4.80. The number of fused-ring (bicyclic) bond motifs is 1. The fraction of sp³-hybridized carbons (Fsp3) is 0.500. The van der Waals surface area contributed by atoms with Crippen LogP contribution in [-0.2, 0) is 18.4 Å². The van der Waals surface area contributed by atoms with Crippen molar-refractivity contribution in [3.05, 3.63) is 34.9 Å². The van der Waals surface area contributed by atoms with E-state index in [-0.39, 0.29) is 6.42 Å². The Balaban J connectivity index is 2.33. The molecule has 0 fully saturated rings. The van der Waals surface area contributed by atoms with Crippen molar-refractivity contribution in [2.24, 2.45) is 0 Å². The van der Waals surface area contributed by atoms with Gasteiger partial charge >= 0.3 is 0 Å². The van der Waals surface area contributed by atoms with Gasteiger partial charge in [0.2, 0.25) is 0 Å². The van der Waals surface area contributed by atoms with Crippen molar-refractivity contribution >= 4 is 0 Å². The summed E-state index contributed by atoms with van der Waals surface area (Å²) in [5, 5.41) is 18.9. The fourth-order valence-electron chi connectivity index (χ4n) is 2.32. The monoisotopic (exact) mass is 215 g/mol. The molecule has 0 amide bonds. The van der Waals surface area contributed by atoms with Gasteiger partial charge < -0.3 is 5.11 Å². The Morgan fingerprint density at radius 3 is 2.69 bits per heavy atom. The van der Waals surface area contributed by atoms with Crippen LogP contribution in [0.3, 0.4) is 0 Å². The molecular formula is C14H17NO. The molecule has 1 aliphatic carbocycles. The molecule has 0 spiro atoms. The van der Waals surface area contributed by atoms with E-state index in [2.05, 4.69) is 12.1 Å². The van der Waals surface area contributed by atoms with Crippen LogP contribution in [0.5, 0.6) is 0 Å². The third kappa shape index (κ3) is 2.10. The number of rotatable bonds is 2. The maximum Gasteiger partial charge on any atom is 0.0998 e. The third-order valence-corrected chi connectivity index (χ3v) is 3.39. The average Bonchev–Trinajstić information content (AvgIpc) is 2.28. The minimum absolute atomic E-state index is 0.145. The van der Waals surface area contributed by atoms with Crippen LogP contribution in [0.25, 0.3) is 0 Å². The highest BCUT2D eigenvalue weighted by Gasteiger charge is 2.24. The SMILES string of the molecule is CC(O)(CC#N)c1ccc2c(c1)CCCC2. The molecule has 16 heavy (non-hydrogen) atoms. The molecule has 0 bridgehead atoms. The number of hydrogen-bond donors (Lipinski definition) is 1. The number of hydrogen-bond acceptors (Lipinski definition) is 2. The second kappa shape index (κ2) is 4.27. The van der Waals surface area contributed by atoms with Crippen LogP contribution >= 0.6 is 0 Å². The van der Waals surface area contributed by atoms with Crippen molar-refractivity contribution in [2.75, 3.05) is 0 Å². The summed E-state index contributed by atoms with van der Waals surface area (Å²) in [5.74, 6) is 0. The first-order valence-corrected chi connectivity index (χ1v) is 5.85. The summed E-state index contributed by atoms with van der Waals surface area (Å²) in [4.78, 5) is 0. The van der Waals surface area contributed by atoms with Crippen LogP contribution < -0.4 is 0 Å². The normalized spacial score (nSPS) is 18.3. The maximum atomic E-state index is 10.2. The minimum atomic E-state index is -1.01. The zero-order valence-electron chi connectivity index (χ0n) is 9.66. The molecule has 0 aromatic heterocycles. The first kappa shape index (κ1) is 11.2. The summed E-state index contributed by atoms with van der Waals surface area (Å²) in [7, 11) is 0. The number of aliphatic hydroxyl groups is 1. The van der Waals surface area contributed by atoms with Gasteiger partial charge in [0, 0.05) is 0 Å². The molecule has 2 rings (SSSR count). The van der Waals surface area contributed by atoms with E-state index >= 15 is 0 Å². The number of benzene rings is 1. The third-order valence-electron chi connectivity index (χ3n) is 3.39. The maximum absolute atomic E-state index is 10.2. The standard InChI is InChI=1S/C14H17NO/c1-14(16,8-9-15)13-7-6-11-4-2-3-5-12(11)10-13/h6-7,10,16H,2-5,8H2,1H3. The van der Waals surface area contributed by atoms with E-state index in [1.165, 1.54) is 24.0 Å². The van der Waals surface area contributed by atoms with Crippen molar-refractivity contribution in [1.29, 1.82) is 5.26 Å². The number of aryl methyl sites for hydroxylation is 2. The van der Waals surface area contributed by atoms with Crippen LogP contribution in [0.15, 0.2) is 18.2 Å². The topological polar surface area (TPSA) is 44.0 Å². The molecular weight excluding hydrogens is 198 g/mol. The summed E-state index contributed by atoms with van der Waals surface area (Å²) in [6.45, 7) is 1.71. The van der Waals surface area contributed by atoms with Gasteiger partial charge in [0.15, 0.2) is 0 Å². The molecule has 0 aliphatic heterocycles. The molecule has 0 saturated carbocycles. The van der Waals surface area contributed by atoms with Crippen molar-refractivity contribution in [2.45, 2.75) is 44.6 Å². The van der Waals surface area contributed by atoms with Crippen molar-refractivity contribution < 1.29 is 5.11 Å². The van der Waals surface area contributed by atoms with Gasteiger partial charge in [-0.2, -0.15) is 5.26 Å². The van der Waals surface area contributed by atoms with E-state index < -0.39 is 5.60 Å². The Morgan fingerprint density at radius 1 is 1.31 bits per heavy atom. The van der Waals surface area contributed by atoms with Gasteiger partial charge in [-0.3, -0.25) is 0 Å². The Morgan fingerprint density at radius 2 is 2.00 bits per heavy atom. The predicted octanol–water partition coefficient (Wildman–Crippen LogP) is 2.69. The highest BCUT2D eigenvalue weighted by molar-refractivity contribution is 5.36. The van der Waals surface area contributed by atoms with E-state index in [9.17, 15) is 5.11 Å². The molecule has 84 valence electrons. The van der Waals surface area contributed by atoms with Crippen molar-refractivity contribution in [1.82, 2.24) is 0 Å². The average molecular weight is 215 g/mol. The summed E-state index contributed by atoms with van der Waals surface area (Å²) < 4.78 is 0. The van der Waals surface area contributed by atoms with E-state index in [1.807, 2.05) is 12.1 Å². The van der Waals surface area contributed by atoms with E-state index in [1.54, 1.807) is 6.92 Å². The van der Waals surface area contributed by atoms with Gasteiger partial charge in [0.25, 0.3) is 0 Å². The van der Waals surface area contributed by atoms with E-state index in [0.29, 0.717) is 0 Å². The molecule has 1 atom stereocenters. The van der Waals surface area contributed by atoms with Gasteiger partial charge in [0.1, 0.15) is 0 Å². The van der Waals surface area contributed by atoms with Crippen LogP contribution in [0.1, 0.15) is 42.9 Å². The van der Waals surface area contributed by atoms with Crippen LogP contribution in [-0.4, -0.2) is 5.11 Å². The molecule has 0 saturated heterocycles. The van der Waals surface area contributed by atoms with Gasteiger partial charge in [0.05, 0.1) is 18.1 Å². The smallest absolute Gasteiger partial charge is 0.0998 e. The first-order valence-electron chi connectivity index (χ1n) is 5.85. The van der Waals surface area contributed by atoms with Gasteiger partial charge in [-0.15, -0.1) is 0 Å². The van der Waals surface area contributed by atoms with Crippen molar-refractivity contribution in [3.8, 4) is 6.07 Å². The van der Waals surface area contributed by atoms with Gasteiger partial charge in [-0.25, -0.2) is 0 Å². The Labute approximate surface area is 96.5 Å². The Bertz CT molecular complexity index is 429. The highest BCUT2D eigenvalue weighted by Crippen LogP contribution is 2.29. The zero-order valence-corrected chi connectivity index (χ0v) is 9.66. The molecule has 1 aromatic carbocycles. The van der Waals surface area contributed by atoms with Crippen LogP contribution in [0, 0.1) is 11.3 Å². The highest BCUT2D eigenvalue weighted by atomic mass is 16.3. The second-order valence-corrected chi connectivity index (χ2v) is 4.80. The molecule has 1 aromatic rings. The lowest BCUT2D eigenvalue weighted by Crippen LogP contribution is -2.21. The van der Waals surface area contributed by atoms with Crippen LogP contribution in [0.4, 0.5) is 0 Å². The summed E-state index contributed by atoms with van der Waals surface area (Å²) in [5.41, 5.74) is 2.61. The summed E-state index contributed by atoms with van der Waals surface area (Å²) in [6.07, 6.45) is 4.89. The Kier molecular flexibility index (Phi) is 2.98. The van der Waals surface area contributed by atoms with Crippen LogP contribution in [0.2, 0.25) is 0 Å². The molecule has 2 nitrogen and oxygen atoms in total. The zero-order chi connectivity index (χ0) is 11.6. The van der Waals surface area contributed by atoms with Crippen molar-refractivity contribution in [3.63, 3.8) is 0 Å². The molecule has 0 heterocycles. The molecule has 1 aliphatic rings. The molecule has 0 radical (unpaired) electrons. The largest absolute Gasteiger partial charge is 0.384 e. The quantitative estimate of drug-likeness (QED) is 0.824. The summed E-state index contributed by atoms with van der Waals surface area (Å²) in [6, 6.07) is 8.18. The lowest BCUT2D eigenvalue weighted by atomic mass is 9.85. The van der Waals surface area contributed by atoms with E-state index in [4.69, 9.17) is 5.26 Å². The fourth-order valence-corrected chi connectivity index (χ4v) is 2.32.